The Balaban J connectivity index is 1.75. The van der Waals surface area contributed by atoms with Gasteiger partial charge in [-0.2, -0.15) is 5.10 Å². The van der Waals surface area contributed by atoms with E-state index >= 15 is 0 Å². The van der Waals surface area contributed by atoms with Crippen molar-refractivity contribution < 1.29 is 4.42 Å². The van der Waals surface area contributed by atoms with Gasteiger partial charge in [0.25, 0.3) is 0 Å². The van der Waals surface area contributed by atoms with Crippen LogP contribution in [0, 0.1) is 13.8 Å². The molecule has 0 saturated carbocycles. The van der Waals surface area contributed by atoms with Gasteiger partial charge < -0.3 is 4.42 Å². The summed E-state index contributed by atoms with van der Waals surface area (Å²) in [5.41, 5.74) is 3.80. The molecule has 0 aliphatic heterocycles. The molecule has 23 heavy (non-hydrogen) atoms. The Morgan fingerprint density at radius 2 is 2.00 bits per heavy atom. The van der Waals surface area contributed by atoms with E-state index in [9.17, 15) is 0 Å². The number of H-pyrrole nitrogens is 1. The molecule has 0 unspecified atom stereocenters. The number of nitrogens with zero attached hydrogens (tertiary/aromatic N) is 3. The molecule has 0 radical (unpaired) electrons. The molecule has 3 rings (SSSR count). The average Bonchev–Trinajstić information content (AvgIpc) is 3.06. The Morgan fingerprint density at radius 3 is 2.70 bits per heavy atom. The second-order valence-corrected chi connectivity index (χ2v) is 6.12. The average molecular weight is 331 g/mol. The molecule has 0 amide bonds. The number of hydrogen-bond acceptors (Lipinski definition) is 4. The molecule has 0 fully saturated rings. The van der Waals surface area contributed by atoms with Gasteiger partial charge in [0.15, 0.2) is 0 Å². The SMILES string of the molecule is Cc1cc(CN(C)Cc2nc(-c3ccccc3Cl)oc2C)n[nH]1. The number of halogens is 1. The summed E-state index contributed by atoms with van der Waals surface area (Å²) in [6, 6.07) is 9.60. The van der Waals surface area contributed by atoms with Crippen molar-refractivity contribution in [1.29, 1.82) is 0 Å². The summed E-state index contributed by atoms with van der Waals surface area (Å²) in [7, 11) is 2.04. The van der Waals surface area contributed by atoms with Crippen molar-refractivity contribution in [3.05, 3.63) is 58.2 Å². The van der Waals surface area contributed by atoms with Crippen LogP contribution in [0.15, 0.2) is 34.7 Å². The molecule has 0 saturated heterocycles. The van der Waals surface area contributed by atoms with Crippen LogP contribution in [-0.4, -0.2) is 27.1 Å². The Kier molecular flexibility index (Phi) is 4.50. The van der Waals surface area contributed by atoms with Crippen LogP contribution < -0.4 is 0 Å². The lowest BCUT2D eigenvalue weighted by atomic mass is 10.2. The molecule has 0 atom stereocenters. The first kappa shape index (κ1) is 15.8. The molecule has 5 nitrogen and oxygen atoms in total. The lowest BCUT2D eigenvalue weighted by Gasteiger charge is -2.13. The predicted octanol–water partition coefficient (Wildman–Crippen LogP) is 3.97. The molecule has 6 heteroatoms. The lowest BCUT2D eigenvalue weighted by Crippen LogP contribution is -2.18. The summed E-state index contributed by atoms with van der Waals surface area (Å²) in [6.07, 6.45) is 0. The summed E-state index contributed by atoms with van der Waals surface area (Å²) in [4.78, 5) is 6.76. The normalized spacial score (nSPS) is 11.3. The van der Waals surface area contributed by atoms with Crippen LogP contribution in [-0.2, 0) is 13.1 Å². The second kappa shape index (κ2) is 6.56. The van der Waals surface area contributed by atoms with Gasteiger partial charge in [-0.25, -0.2) is 4.98 Å². The van der Waals surface area contributed by atoms with Gasteiger partial charge in [0.2, 0.25) is 5.89 Å². The third-order valence-corrected chi connectivity index (χ3v) is 3.94. The first-order valence-electron chi connectivity index (χ1n) is 7.43. The van der Waals surface area contributed by atoms with Crippen LogP contribution in [0.1, 0.15) is 22.8 Å². The Bertz CT molecular complexity index is 809. The van der Waals surface area contributed by atoms with Crippen molar-refractivity contribution >= 4 is 11.6 Å². The fourth-order valence-electron chi connectivity index (χ4n) is 2.47. The number of hydrogen-bond donors (Lipinski definition) is 1. The van der Waals surface area contributed by atoms with Crippen molar-refractivity contribution in [2.45, 2.75) is 26.9 Å². The third-order valence-electron chi connectivity index (χ3n) is 3.61. The van der Waals surface area contributed by atoms with Crippen LogP contribution in [0.5, 0.6) is 0 Å². The molecule has 0 spiro atoms. The molecule has 0 aliphatic carbocycles. The van der Waals surface area contributed by atoms with E-state index in [2.05, 4.69) is 20.1 Å². The standard InChI is InChI=1S/C17H19ClN4O/c1-11-8-13(21-20-11)9-22(3)10-16-12(2)23-17(19-16)14-6-4-5-7-15(14)18/h4-8H,9-10H2,1-3H3,(H,20,21). The zero-order valence-corrected chi connectivity index (χ0v) is 14.2. The highest BCUT2D eigenvalue weighted by Gasteiger charge is 2.15. The van der Waals surface area contributed by atoms with Crippen LogP contribution in [0.2, 0.25) is 5.02 Å². The topological polar surface area (TPSA) is 58.0 Å². The highest BCUT2D eigenvalue weighted by atomic mass is 35.5. The van der Waals surface area contributed by atoms with Crippen LogP contribution in [0.4, 0.5) is 0 Å². The van der Waals surface area contributed by atoms with Gasteiger partial charge in [0.05, 0.1) is 22.0 Å². The molecule has 120 valence electrons. The quantitative estimate of drug-likeness (QED) is 0.769. The van der Waals surface area contributed by atoms with Gasteiger partial charge in [-0.1, -0.05) is 23.7 Å². The van der Waals surface area contributed by atoms with Crippen LogP contribution >= 0.6 is 11.6 Å². The van der Waals surface area contributed by atoms with Crippen molar-refractivity contribution in [3.8, 4) is 11.5 Å². The minimum absolute atomic E-state index is 0.562. The summed E-state index contributed by atoms with van der Waals surface area (Å²) in [5.74, 6) is 1.37. The maximum absolute atomic E-state index is 6.21. The lowest BCUT2D eigenvalue weighted by molar-refractivity contribution is 0.309. The van der Waals surface area contributed by atoms with E-state index in [1.54, 1.807) is 0 Å². The van der Waals surface area contributed by atoms with Gasteiger partial charge in [0, 0.05) is 18.8 Å². The Labute approximate surface area is 140 Å². The van der Waals surface area contributed by atoms with E-state index in [1.165, 1.54) is 0 Å². The number of aromatic amines is 1. The molecular weight excluding hydrogens is 312 g/mol. The molecule has 0 bridgehead atoms. The third kappa shape index (κ3) is 3.63. The number of oxazole rings is 1. The predicted molar refractivity (Wildman–Crippen MR) is 90.2 cm³/mol. The van der Waals surface area contributed by atoms with Crippen molar-refractivity contribution in [2.24, 2.45) is 0 Å². The molecular formula is C17H19ClN4O. The zero-order valence-electron chi connectivity index (χ0n) is 13.4. The van der Waals surface area contributed by atoms with E-state index in [-0.39, 0.29) is 0 Å². The summed E-state index contributed by atoms with van der Waals surface area (Å²) < 4.78 is 5.79. The molecule has 1 N–H and O–H groups in total. The first-order chi connectivity index (χ1) is 11.0. The highest BCUT2D eigenvalue weighted by Crippen LogP contribution is 2.28. The Hall–Kier alpha value is -2.11. The van der Waals surface area contributed by atoms with Crippen LogP contribution in [0.25, 0.3) is 11.5 Å². The second-order valence-electron chi connectivity index (χ2n) is 5.72. The maximum atomic E-state index is 6.21. The maximum Gasteiger partial charge on any atom is 0.228 e. The number of benzene rings is 1. The minimum atomic E-state index is 0.562. The highest BCUT2D eigenvalue weighted by molar-refractivity contribution is 6.33. The van der Waals surface area contributed by atoms with Gasteiger partial charge in [-0.3, -0.25) is 10.00 Å². The van der Waals surface area contributed by atoms with E-state index in [1.807, 2.05) is 51.2 Å². The van der Waals surface area contributed by atoms with Crippen molar-refractivity contribution in [3.63, 3.8) is 0 Å². The fourth-order valence-corrected chi connectivity index (χ4v) is 2.68. The molecule has 2 heterocycles. The molecule has 1 aromatic carbocycles. The fraction of sp³-hybridized carbons (Fsp3) is 0.294. The number of rotatable bonds is 5. The van der Waals surface area contributed by atoms with Gasteiger partial charge in [-0.05, 0) is 39.1 Å². The molecule has 2 aromatic heterocycles. The van der Waals surface area contributed by atoms with Crippen LogP contribution in [0.3, 0.4) is 0 Å². The van der Waals surface area contributed by atoms with Crippen molar-refractivity contribution in [2.75, 3.05) is 7.05 Å². The molecule has 3 aromatic rings. The van der Waals surface area contributed by atoms with Gasteiger partial charge >= 0.3 is 0 Å². The monoisotopic (exact) mass is 330 g/mol. The number of aromatic nitrogens is 3. The van der Waals surface area contributed by atoms with E-state index in [0.29, 0.717) is 17.5 Å². The summed E-state index contributed by atoms with van der Waals surface area (Å²) >= 11 is 6.21. The first-order valence-corrected chi connectivity index (χ1v) is 7.81. The largest absolute Gasteiger partial charge is 0.441 e. The number of aryl methyl sites for hydroxylation is 2. The summed E-state index contributed by atoms with van der Waals surface area (Å²) in [6.45, 7) is 5.35. The van der Waals surface area contributed by atoms with Gasteiger partial charge in [0.1, 0.15) is 5.76 Å². The van der Waals surface area contributed by atoms with Crippen molar-refractivity contribution in [1.82, 2.24) is 20.1 Å². The number of nitrogens with one attached hydrogen (secondary N) is 1. The zero-order chi connectivity index (χ0) is 16.4. The smallest absolute Gasteiger partial charge is 0.228 e. The van der Waals surface area contributed by atoms with E-state index in [4.69, 9.17) is 16.0 Å². The Morgan fingerprint density at radius 1 is 1.22 bits per heavy atom. The summed E-state index contributed by atoms with van der Waals surface area (Å²) in [5, 5.41) is 7.85. The molecule has 0 aliphatic rings. The van der Waals surface area contributed by atoms with E-state index < -0.39 is 0 Å². The van der Waals surface area contributed by atoms with E-state index in [0.717, 1.165) is 35.0 Å². The minimum Gasteiger partial charge on any atom is -0.441 e. The van der Waals surface area contributed by atoms with Gasteiger partial charge in [-0.15, -0.1) is 0 Å².